The highest BCUT2D eigenvalue weighted by Crippen LogP contribution is 2.39. The summed E-state index contributed by atoms with van der Waals surface area (Å²) in [5.41, 5.74) is 7.37. The molecule has 5 rings (SSSR count). The number of hydrogen-bond donors (Lipinski definition) is 3. The van der Waals surface area contributed by atoms with E-state index in [4.69, 9.17) is 5.21 Å². The van der Waals surface area contributed by atoms with E-state index in [2.05, 4.69) is 46.4 Å². The quantitative estimate of drug-likeness (QED) is 0.247. The summed E-state index contributed by atoms with van der Waals surface area (Å²) in [4.78, 5) is 30.7. The minimum atomic E-state index is -0.551. The largest absolute Gasteiger partial charge is 0.361 e. The number of fused-ring (bicyclic) bond motifs is 2. The molecule has 0 radical (unpaired) electrons. The van der Waals surface area contributed by atoms with Gasteiger partial charge in [0.1, 0.15) is 0 Å². The van der Waals surface area contributed by atoms with Gasteiger partial charge in [0.2, 0.25) is 5.91 Å². The topological polar surface area (TPSA) is 85.4 Å². The molecule has 0 spiro atoms. The number of nitrogens with zero attached hydrogens (tertiary/aromatic N) is 1. The second-order valence-corrected chi connectivity index (χ2v) is 9.80. The van der Waals surface area contributed by atoms with Crippen LogP contribution in [0.2, 0.25) is 0 Å². The number of carbonyl (C=O) groups excluding carboxylic acids is 2. The van der Waals surface area contributed by atoms with Gasteiger partial charge in [0.05, 0.1) is 6.04 Å². The average molecular weight is 472 g/mol. The standard InChI is InChI=1S/C29H33N3O3/c33-28(31-35)15-11-20-10-13-25-22(18-20)12-14-27(25)32(29(34)21-6-2-1-3-7-21)17-16-23-19-30-26-9-5-4-8-24(23)26/h4-5,8-11,13,15,18-19,21,27,30,35H,1-3,6-7,12,14,16-17H2,(H,31,33). The fourth-order valence-electron chi connectivity index (χ4n) is 5.83. The number of amides is 2. The Kier molecular flexibility index (Phi) is 7.00. The van der Waals surface area contributed by atoms with Gasteiger partial charge in [0.15, 0.2) is 0 Å². The molecule has 1 atom stereocenters. The van der Waals surface area contributed by atoms with Crippen molar-refractivity contribution < 1.29 is 14.8 Å². The Labute approximate surface area is 206 Å². The fourth-order valence-corrected chi connectivity index (χ4v) is 5.83. The van der Waals surface area contributed by atoms with E-state index in [9.17, 15) is 9.59 Å². The van der Waals surface area contributed by atoms with Crippen molar-refractivity contribution in [3.05, 3.63) is 77.0 Å². The van der Waals surface area contributed by atoms with Gasteiger partial charge in [-0.3, -0.25) is 14.8 Å². The van der Waals surface area contributed by atoms with Crippen molar-refractivity contribution in [3.63, 3.8) is 0 Å². The number of aryl methyl sites for hydroxylation is 1. The smallest absolute Gasteiger partial charge is 0.267 e. The molecule has 2 aromatic carbocycles. The first-order valence-corrected chi connectivity index (χ1v) is 12.7. The molecule has 2 aliphatic carbocycles. The van der Waals surface area contributed by atoms with Crippen molar-refractivity contribution in [1.29, 1.82) is 0 Å². The highest BCUT2D eigenvalue weighted by Gasteiger charge is 2.34. The summed E-state index contributed by atoms with van der Waals surface area (Å²) in [6.45, 7) is 0.708. The Balaban J connectivity index is 1.39. The number of aromatic amines is 1. The second-order valence-electron chi connectivity index (χ2n) is 9.80. The lowest BCUT2D eigenvalue weighted by Gasteiger charge is -2.34. The minimum Gasteiger partial charge on any atom is -0.361 e. The van der Waals surface area contributed by atoms with Gasteiger partial charge in [-0.25, -0.2) is 5.48 Å². The summed E-state index contributed by atoms with van der Waals surface area (Å²) in [5.74, 6) is -0.106. The number of para-hydroxylation sites is 1. The third kappa shape index (κ3) is 5.03. The van der Waals surface area contributed by atoms with E-state index in [1.165, 1.54) is 34.6 Å². The van der Waals surface area contributed by atoms with E-state index < -0.39 is 5.91 Å². The van der Waals surface area contributed by atoms with Gasteiger partial charge in [-0.1, -0.05) is 55.7 Å². The van der Waals surface area contributed by atoms with Crippen LogP contribution in [-0.4, -0.2) is 33.5 Å². The number of carbonyl (C=O) groups is 2. The molecule has 1 heterocycles. The van der Waals surface area contributed by atoms with E-state index in [0.29, 0.717) is 12.5 Å². The molecular weight excluding hydrogens is 438 g/mol. The molecule has 0 bridgehead atoms. The lowest BCUT2D eigenvalue weighted by Crippen LogP contribution is -2.40. The lowest BCUT2D eigenvalue weighted by atomic mass is 9.87. The second kappa shape index (κ2) is 10.5. The summed E-state index contributed by atoms with van der Waals surface area (Å²) >= 11 is 0. The van der Waals surface area contributed by atoms with Crippen molar-refractivity contribution in [2.75, 3.05) is 6.54 Å². The maximum Gasteiger partial charge on any atom is 0.267 e. The molecule has 3 aromatic rings. The van der Waals surface area contributed by atoms with Crippen molar-refractivity contribution in [2.24, 2.45) is 5.92 Å². The molecule has 2 amide bonds. The van der Waals surface area contributed by atoms with Gasteiger partial charge in [-0.15, -0.1) is 0 Å². The van der Waals surface area contributed by atoms with Gasteiger partial charge in [-0.2, -0.15) is 0 Å². The Bertz CT molecular complexity index is 1240. The highest BCUT2D eigenvalue weighted by molar-refractivity contribution is 5.90. The lowest BCUT2D eigenvalue weighted by molar-refractivity contribution is -0.139. The summed E-state index contributed by atoms with van der Waals surface area (Å²) in [5, 5.41) is 9.94. The number of hydroxylamine groups is 1. The predicted molar refractivity (Wildman–Crippen MR) is 137 cm³/mol. The molecule has 1 saturated carbocycles. The zero-order chi connectivity index (χ0) is 24.2. The first-order chi connectivity index (χ1) is 17.1. The number of benzene rings is 2. The zero-order valence-electron chi connectivity index (χ0n) is 20.0. The van der Waals surface area contributed by atoms with Crippen LogP contribution in [0.15, 0.2) is 54.7 Å². The van der Waals surface area contributed by atoms with Gasteiger partial charge in [0.25, 0.3) is 5.91 Å². The zero-order valence-corrected chi connectivity index (χ0v) is 20.0. The van der Waals surface area contributed by atoms with Crippen LogP contribution in [0.5, 0.6) is 0 Å². The van der Waals surface area contributed by atoms with E-state index in [-0.39, 0.29) is 12.0 Å². The molecule has 0 saturated heterocycles. The Morgan fingerprint density at radius 2 is 1.91 bits per heavy atom. The van der Waals surface area contributed by atoms with Crippen LogP contribution in [0.3, 0.4) is 0 Å². The van der Waals surface area contributed by atoms with Crippen molar-refractivity contribution in [3.8, 4) is 0 Å². The molecule has 6 heteroatoms. The van der Waals surface area contributed by atoms with Crippen LogP contribution in [-0.2, 0) is 22.4 Å². The van der Waals surface area contributed by atoms with Crippen LogP contribution in [0.4, 0.5) is 0 Å². The predicted octanol–water partition coefficient (Wildman–Crippen LogP) is 5.33. The Morgan fingerprint density at radius 1 is 1.09 bits per heavy atom. The van der Waals surface area contributed by atoms with E-state index in [1.807, 2.05) is 12.1 Å². The van der Waals surface area contributed by atoms with Crippen LogP contribution >= 0.6 is 0 Å². The average Bonchev–Trinajstić information content (AvgIpc) is 3.52. The number of H-pyrrole nitrogens is 1. The fraction of sp³-hybridized carbons (Fsp3) is 0.379. The minimum absolute atomic E-state index is 0.0865. The molecule has 1 fully saturated rings. The molecule has 2 aliphatic rings. The summed E-state index contributed by atoms with van der Waals surface area (Å²) in [6, 6.07) is 14.6. The van der Waals surface area contributed by atoms with Crippen LogP contribution in [0.1, 0.15) is 66.8 Å². The highest BCUT2D eigenvalue weighted by atomic mass is 16.5. The first kappa shape index (κ1) is 23.4. The van der Waals surface area contributed by atoms with Crippen LogP contribution in [0, 0.1) is 5.92 Å². The van der Waals surface area contributed by atoms with E-state index >= 15 is 0 Å². The van der Waals surface area contributed by atoms with Gasteiger partial charge >= 0.3 is 0 Å². The summed E-state index contributed by atoms with van der Waals surface area (Å²) in [7, 11) is 0. The van der Waals surface area contributed by atoms with E-state index in [0.717, 1.165) is 56.0 Å². The maximum atomic E-state index is 13.8. The normalized spacial score (nSPS) is 18.1. The van der Waals surface area contributed by atoms with Crippen LogP contribution < -0.4 is 5.48 Å². The number of nitrogens with one attached hydrogen (secondary N) is 2. The molecule has 1 unspecified atom stereocenters. The monoisotopic (exact) mass is 471 g/mol. The summed E-state index contributed by atoms with van der Waals surface area (Å²) < 4.78 is 0. The third-order valence-corrected chi connectivity index (χ3v) is 7.66. The van der Waals surface area contributed by atoms with Crippen molar-refractivity contribution in [1.82, 2.24) is 15.4 Å². The maximum absolute atomic E-state index is 13.8. The molecule has 6 nitrogen and oxygen atoms in total. The first-order valence-electron chi connectivity index (χ1n) is 12.7. The molecule has 1 aromatic heterocycles. The number of aromatic nitrogens is 1. The number of hydrogen-bond acceptors (Lipinski definition) is 3. The third-order valence-electron chi connectivity index (χ3n) is 7.66. The Hall–Kier alpha value is -3.38. The molecule has 182 valence electrons. The molecular formula is C29H33N3O3. The summed E-state index contributed by atoms with van der Waals surface area (Å²) in [6.07, 6.45) is 13.3. The van der Waals surface area contributed by atoms with Gasteiger partial charge in [-0.05, 0) is 66.5 Å². The Morgan fingerprint density at radius 3 is 2.74 bits per heavy atom. The van der Waals surface area contributed by atoms with E-state index in [1.54, 1.807) is 11.6 Å². The van der Waals surface area contributed by atoms with Gasteiger partial charge in [0, 0.05) is 35.6 Å². The van der Waals surface area contributed by atoms with Crippen molar-refractivity contribution >= 4 is 28.8 Å². The van der Waals surface area contributed by atoms with Crippen LogP contribution in [0.25, 0.3) is 17.0 Å². The van der Waals surface area contributed by atoms with Gasteiger partial charge < -0.3 is 9.88 Å². The molecule has 0 aliphatic heterocycles. The van der Waals surface area contributed by atoms with Crippen molar-refractivity contribution in [2.45, 2.75) is 57.4 Å². The molecule has 35 heavy (non-hydrogen) atoms. The molecule has 3 N–H and O–H groups in total. The SMILES string of the molecule is O=C(C=Cc1ccc2c(c1)CCC2N(CCc1c[nH]c2ccccc12)C(=O)C1CCCCC1)NO. The number of rotatable bonds is 7.